The third-order valence-electron chi connectivity index (χ3n) is 4.94. The number of carbonyl (C=O) groups is 1. The van der Waals surface area contributed by atoms with E-state index in [1.165, 1.54) is 23.2 Å². The van der Waals surface area contributed by atoms with Crippen molar-refractivity contribution in [1.82, 2.24) is 19.8 Å². The summed E-state index contributed by atoms with van der Waals surface area (Å²) in [6, 6.07) is 6.66. The van der Waals surface area contributed by atoms with E-state index in [9.17, 15) is 9.18 Å². The van der Waals surface area contributed by atoms with E-state index in [1.807, 2.05) is 6.92 Å². The molecular weight excluding hydrogens is 345 g/mol. The van der Waals surface area contributed by atoms with Gasteiger partial charge in [0.2, 0.25) is 0 Å². The molecule has 6 nitrogen and oxygen atoms in total. The third-order valence-corrected chi connectivity index (χ3v) is 4.94. The van der Waals surface area contributed by atoms with Crippen LogP contribution in [0.2, 0.25) is 0 Å². The maximum absolute atomic E-state index is 13.3. The minimum Gasteiger partial charge on any atom is -0.364 e. The number of likely N-dealkylation sites (N-methyl/N-ethyl adjacent to an activating group) is 1. The van der Waals surface area contributed by atoms with Crippen LogP contribution in [0.5, 0.6) is 0 Å². The molecule has 2 aromatic rings. The van der Waals surface area contributed by atoms with Crippen molar-refractivity contribution >= 4 is 11.7 Å². The van der Waals surface area contributed by atoms with Gasteiger partial charge in [0, 0.05) is 32.6 Å². The number of nitrogens with one attached hydrogen (secondary N) is 1. The smallest absolute Gasteiger partial charge is 0.273 e. The average Bonchev–Trinajstić information content (AvgIpc) is 3.06. The summed E-state index contributed by atoms with van der Waals surface area (Å²) in [5, 5.41) is 3.48. The second-order valence-electron chi connectivity index (χ2n) is 7.35. The van der Waals surface area contributed by atoms with Gasteiger partial charge in [0.1, 0.15) is 17.3 Å². The highest BCUT2D eigenvalue weighted by molar-refractivity contribution is 5.91. The molecule has 1 aliphatic rings. The Balaban J connectivity index is 1.96. The van der Waals surface area contributed by atoms with Crippen molar-refractivity contribution in [2.75, 3.05) is 39.5 Å². The summed E-state index contributed by atoms with van der Waals surface area (Å²) in [7, 11) is 5.47. The lowest BCUT2D eigenvalue weighted by atomic mass is 9.97. The van der Waals surface area contributed by atoms with E-state index in [0.29, 0.717) is 23.2 Å². The molecule has 0 radical (unpaired) electrons. The standard InChI is InChI=1S/C20H26FN5O/c1-13(14-5-7-15(21)8-6-14)18-19(23-16-9-10-26(4)12-16)22-11-17(24-18)20(27)25(2)3/h5-8,11,13,16H,9-10,12H2,1-4H3,(H,22,23). The molecular formula is C20H26FN5O. The molecule has 2 heterocycles. The van der Waals surface area contributed by atoms with Crippen molar-refractivity contribution in [1.29, 1.82) is 0 Å². The number of likely N-dealkylation sites (tertiary alicyclic amines) is 1. The highest BCUT2D eigenvalue weighted by atomic mass is 19.1. The Labute approximate surface area is 159 Å². The molecule has 0 aliphatic carbocycles. The van der Waals surface area contributed by atoms with Gasteiger partial charge >= 0.3 is 0 Å². The minimum atomic E-state index is -0.277. The fraction of sp³-hybridized carbons (Fsp3) is 0.450. The first kappa shape index (κ1) is 19.2. The quantitative estimate of drug-likeness (QED) is 0.875. The maximum atomic E-state index is 13.3. The SMILES string of the molecule is CC(c1ccc(F)cc1)c1nc(C(=O)N(C)C)cnc1NC1CCN(C)C1. The zero-order chi connectivity index (χ0) is 19.6. The molecule has 0 spiro atoms. The summed E-state index contributed by atoms with van der Waals surface area (Å²) < 4.78 is 13.3. The van der Waals surface area contributed by atoms with Crippen molar-refractivity contribution in [2.45, 2.75) is 25.3 Å². The van der Waals surface area contributed by atoms with Crippen LogP contribution in [0.1, 0.15) is 41.0 Å². The van der Waals surface area contributed by atoms with Gasteiger partial charge < -0.3 is 15.1 Å². The molecule has 2 atom stereocenters. The molecule has 1 amide bonds. The van der Waals surface area contributed by atoms with Crippen LogP contribution in [-0.4, -0.2) is 65.9 Å². The van der Waals surface area contributed by atoms with Gasteiger partial charge in [-0.25, -0.2) is 14.4 Å². The Morgan fingerprint density at radius 1 is 1.33 bits per heavy atom. The number of benzene rings is 1. The van der Waals surface area contributed by atoms with Crippen LogP contribution in [-0.2, 0) is 0 Å². The molecule has 1 aromatic heterocycles. The normalized spacial score (nSPS) is 18.3. The first-order valence-corrected chi connectivity index (χ1v) is 9.14. The van der Waals surface area contributed by atoms with Crippen molar-refractivity contribution < 1.29 is 9.18 Å². The number of rotatable bonds is 5. The van der Waals surface area contributed by atoms with Crippen molar-refractivity contribution in [3.05, 3.63) is 53.2 Å². The van der Waals surface area contributed by atoms with Crippen LogP contribution in [0, 0.1) is 5.82 Å². The van der Waals surface area contributed by atoms with Crippen LogP contribution in [0.25, 0.3) is 0 Å². The minimum absolute atomic E-state index is 0.130. The van der Waals surface area contributed by atoms with E-state index in [4.69, 9.17) is 0 Å². The molecule has 3 rings (SSSR count). The highest BCUT2D eigenvalue weighted by Gasteiger charge is 2.24. The molecule has 1 aliphatic heterocycles. The van der Waals surface area contributed by atoms with Crippen LogP contribution in [0.3, 0.4) is 0 Å². The number of hydrogen-bond donors (Lipinski definition) is 1. The predicted octanol–water partition coefficient (Wildman–Crippen LogP) is 2.59. The summed E-state index contributed by atoms with van der Waals surface area (Å²) in [6.45, 7) is 3.96. The van der Waals surface area contributed by atoms with Gasteiger partial charge in [0.05, 0.1) is 11.9 Å². The fourth-order valence-corrected chi connectivity index (χ4v) is 3.30. The van der Waals surface area contributed by atoms with Crippen LogP contribution < -0.4 is 5.32 Å². The predicted molar refractivity (Wildman–Crippen MR) is 103 cm³/mol. The van der Waals surface area contributed by atoms with E-state index in [1.54, 1.807) is 26.2 Å². The lowest BCUT2D eigenvalue weighted by Gasteiger charge is -2.20. The Bertz CT molecular complexity index is 809. The van der Waals surface area contributed by atoms with Crippen molar-refractivity contribution in [3.63, 3.8) is 0 Å². The molecule has 1 aromatic carbocycles. The first-order chi connectivity index (χ1) is 12.8. The number of halogens is 1. The summed E-state index contributed by atoms with van der Waals surface area (Å²) >= 11 is 0. The highest BCUT2D eigenvalue weighted by Crippen LogP contribution is 2.29. The Hall–Kier alpha value is -2.54. The van der Waals surface area contributed by atoms with Gasteiger partial charge in [-0.05, 0) is 37.7 Å². The molecule has 1 fully saturated rings. The van der Waals surface area contributed by atoms with Crippen LogP contribution in [0.15, 0.2) is 30.5 Å². The van der Waals surface area contributed by atoms with E-state index in [2.05, 4.69) is 27.2 Å². The van der Waals surface area contributed by atoms with Crippen molar-refractivity contribution in [3.8, 4) is 0 Å². The monoisotopic (exact) mass is 371 g/mol. The summed E-state index contributed by atoms with van der Waals surface area (Å²) in [6.07, 6.45) is 2.55. The zero-order valence-corrected chi connectivity index (χ0v) is 16.2. The fourth-order valence-electron chi connectivity index (χ4n) is 3.30. The number of aromatic nitrogens is 2. The topological polar surface area (TPSA) is 61.4 Å². The first-order valence-electron chi connectivity index (χ1n) is 9.14. The Morgan fingerprint density at radius 3 is 2.63 bits per heavy atom. The second-order valence-corrected chi connectivity index (χ2v) is 7.35. The Kier molecular flexibility index (Phi) is 5.70. The van der Waals surface area contributed by atoms with Gasteiger partial charge in [-0.2, -0.15) is 0 Å². The Morgan fingerprint density at radius 2 is 2.04 bits per heavy atom. The lowest BCUT2D eigenvalue weighted by Crippen LogP contribution is -2.27. The van der Waals surface area contributed by atoms with E-state index >= 15 is 0 Å². The van der Waals surface area contributed by atoms with Gasteiger partial charge in [0.15, 0.2) is 0 Å². The maximum Gasteiger partial charge on any atom is 0.273 e. The third kappa shape index (κ3) is 4.42. The van der Waals surface area contributed by atoms with Crippen molar-refractivity contribution in [2.24, 2.45) is 0 Å². The number of nitrogens with zero attached hydrogens (tertiary/aromatic N) is 4. The van der Waals surface area contributed by atoms with E-state index in [0.717, 1.165) is 25.1 Å². The number of hydrogen-bond acceptors (Lipinski definition) is 5. The molecule has 7 heteroatoms. The summed E-state index contributed by atoms with van der Waals surface area (Å²) in [5.74, 6) is 0.0835. The van der Waals surface area contributed by atoms with Gasteiger partial charge in [-0.15, -0.1) is 0 Å². The average molecular weight is 371 g/mol. The second kappa shape index (κ2) is 8.00. The zero-order valence-electron chi connectivity index (χ0n) is 16.2. The molecule has 0 bridgehead atoms. The van der Waals surface area contributed by atoms with Gasteiger partial charge in [-0.1, -0.05) is 19.1 Å². The molecule has 0 saturated carbocycles. The molecule has 2 unspecified atom stereocenters. The molecule has 144 valence electrons. The lowest BCUT2D eigenvalue weighted by molar-refractivity contribution is 0.0821. The van der Waals surface area contributed by atoms with Gasteiger partial charge in [-0.3, -0.25) is 4.79 Å². The molecule has 1 N–H and O–H groups in total. The summed E-state index contributed by atoms with van der Waals surface area (Å²) in [5.41, 5.74) is 1.92. The number of anilines is 1. The summed E-state index contributed by atoms with van der Waals surface area (Å²) in [4.78, 5) is 25.2. The molecule has 27 heavy (non-hydrogen) atoms. The van der Waals surface area contributed by atoms with Crippen LogP contribution >= 0.6 is 0 Å². The largest absolute Gasteiger partial charge is 0.364 e. The number of amides is 1. The number of carbonyl (C=O) groups excluding carboxylic acids is 1. The van der Waals surface area contributed by atoms with Crippen LogP contribution in [0.4, 0.5) is 10.2 Å². The van der Waals surface area contributed by atoms with E-state index < -0.39 is 0 Å². The molecule has 1 saturated heterocycles. The van der Waals surface area contributed by atoms with Gasteiger partial charge in [0.25, 0.3) is 5.91 Å². The van der Waals surface area contributed by atoms with E-state index in [-0.39, 0.29) is 17.6 Å².